The molecular weight excluding hydrogens is 200 g/mol. The van der Waals surface area contributed by atoms with E-state index in [2.05, 4.69) is 20.8 Å². The zero-order valence-corrected chi connectivity index (χ0v) is 11.2. The highest BCUT2D eigenvalue weighted by molar-refractivity contribution is 5.86. The molecule has 0 bridgehead atoms. The van der Waals surface area contributed by atoms with Gasteiger partial charge in [0.05, 0.1) is 0 Å². The number of ether oxygens (including phenoxy) is 1. The van der Waals surface area contributed by atoms with E-state index >= 15 is 0 Å². The Morgan fingerprint density at radius 1 is 1.56 bits per heavy atom. The average Bonchev–Trinajstić information content (AvgIpc) is 2.57. The summed E-state index contributed by atoms with van der Waals surface area (Å²) < 4.78 is 5.09. The first kappa shape index (κ1) is 13.7. The first-order valence-corrected chi connectivity index (χ1v) is 6.58. The lowest BCUT2D eigenvalue weighted by molar-refractivity contribution is -0.127. The Morgan fingerprint density at radius 2 is 2.25 bits per heavy atom. The van der Waals surface area contributed by atoms with Crippen LogP contribution in [0.4, 0.5) is 0 Å². The minimum absolute atomic E-state index is 0.0491. The van der Waals surface area contributed by atoms with Crippen LogP contribution in [0.1, 0.15) is 52.9 Å². The van der Waals surface area contributed by atoms with Gasteiger partial charge in [0.1, 0.15) is 5.78 Å². The third-order valence-electron chi connectivity index (χ3n) is 4.57. The minimum Gasteiger partial charge on any atom is -0.385 e. The van der Waals surface area contributed by atoms with Gasteiger partial charge in [-0.3, -0.25) is 4.79 Å². The molecule has 0 saturated heterocycles. The predicted molar refractivity (Wildman–Crippen MR) is 66.4 cm³/mol. The Balaban J connectivity index is 2.55. The van der Waals surface area contributed by atoms with E-state index in [9.17, 15) is 4.79 Å². The third kappa shape index (κ3) is 2.65. The third-order valence-corrected chi connectivity index (χ3v) is 4.57. The number of carbonyl (C=O) groups excluding carboxylic acids is 1. The van der Waals surface area contributed by atoms with Crippen LogP contribution in [0, 0.1) is 17.3 Å². The van der Waals surface area contributed by atoms with Gasteiger partial charge < -0.3 is 4.74 Å². The van der Waals surface area contributed by atoms with Gasteiger partial charge in [-0.25, -0.2) is 0 Å². The van der Waals surface area contributed by atoms with Crippen LogP contribution < -0.4 is 0 Å². The largest absolute Gasteiger partial charge is 0.385 e. The monoisotopic (exact) mass is 226 g/mol. The molecule has 1 saturated carbocycles. The van der Waals surface area contributed by atoms with Crippen molar-refractivity contribution in [2.45, 2.75) is 52.9 Å². The maximum absolute atomic E-state index is 11.9. The minimum atomic E-state index is -0.0491. The summed E-state index contributed by atoms with van der Waals surface area (Å²) in [6, 6.07) is 0. The molecule has 0 aromatic rings. The van der Waals surface area contributed by atoms with Crippen LogP contribution >= 0.6 is 0 Å². The highest BCUT2D eigenvalue weighted by atomic mass is 16.5. The van der Waals surface area contributed by atoms with E-state index in [0.29, 0.717) is 17.6 Å². The first-order chi connectivity index (χ1) is 7.56. The Kier molecular flexibility index (Phi) is 4.97. The highest BCUT2D eigenvalue weighted by Gasteiger charge is 2.46. The van der Waals surface area contributed by atoms with E-state index < -0.39 is 0 Å². The summed E-state index contributed by atoms with van der Waals surface area (Å²) in [7, 11) is 1.75. The molecule has 2 nitrogen and oxygen atoms in total. The lowest BCUT2D eigenvalue weighted by Crippen LogP contribution is -2.32. The van der Waals surface area contributed by atoms with Gasteiger partial charge in [-0.15, -0.1) is 0 Å². The summed E-state index contributed by atoms with van der Waals surface area (Å²) >= 11 is 0. The molecule has 0 aromatic carbocycles. The van der Waals surface area contributed by atoms with Crippen molar-refractivity contribution in [3.8, 4) is 0 Å². The average molecular weight is 226 g/mol. The normalized spacial score (nSPS) is 32.0. The Labute approximate surface area is 99.8 Å². The summed E-state index contributed by atoms with van der Waals surface area (Å²) in [6.45, 7) is 7.46. The van der Waals surface area contributed by atoms with Crippen LogP contribution in [-0.4, -0.2) is 19.5 Å². The molecule has 0 radical (unpaired) electrons. The van der Waals surface area contributed by atoms with Crippen LogP contribution in [0.3, 0.4) is 0 Å². The molecule has 3 unspecified atom stereocenters. The van der Waals surface area contributed by atoms with E-state index in [1.165, 1.54) is 6.42 Å². The van der Waals surface area contributed by atoms with Crippen molar-refractivity contribution < 1.29 is 9.53 Å². The molecule has 1 fully saturated rings. The summed E-state index contributed by atoms with van der Waals surface area (Å²) in [5.74, 6) is 1.71. The van der Waals surface area contributed by atoms with Gasteiger partial charge in [0.2, 0.25) is 0 Å². The van der Waals surface area contributed by atoms with Crippen molar-refractivity contribution in [2.75, 3.05) is 13.7 Å². The molecule has 0 aliphatic heterocycles. The Hall–Kier alpha value is -0.370. The number of carbonyl (C=O) groups is 1. The Bertz CT molecular complexity index is 237. The molecule has 0 spiro atoms. The molecule has 2 heteroatoms. The van der Waals surface area contributed by atoms with Gasteiger partial charge in [-0.05, 0) is 37.5 Å². The lowest BCUT2D eigenvalue weighted by Gasteiger charge is -2.33. The van der Waals surface area contributed by atoms with Crippen LogP contribution in [0.5, 0.6) is 0 Å². The van der Waals surface area contributed by atoms with E-state index in [4.69, 9.17) is 4.74 Å². The molecule has 1 aliphatic carbocycles. The fraction of sp³-hybridized carbons (Fsp3) is 0.929. The highest BCUT2D eigenvalue weighted by Crippen LogP contribution is 2.47. The number of methoxy groups -OCH3 is 1. The van der Waals surface area contributed by atoms with Crippen LogP contribution in [0.2, 0.25) is 0 Å². The van der Waals surface area contributed by atoms with E-state index in [1.807, 2.05) is 0 Å². The number of hydrogen-bond acceptors (Lipinski definition) is 2. The molecule has 3 atom stereocenters. The zero-order chi connectivity index (χ0) is 12.2. The topological polar surface area (TPSA) is 26.3 Å². The van der Waals surface area contributed by atoms with Crippen molar-refractivity contribution in [1.82, 2.24) is 0 Å². The zero-order valence-electron chi connectivity index (χ0n) is 11.2. The smallest absolute Gasteiger partial charge is 0.139 e. The number of ketones is 1. The van der Waals surface area contributed by atoms with Crippen molar-refractivity contribution in [3.05, 3.63) is 0 Å². The second-order valence-electron chi connectivity index (χ2n) is 5.45. The van der Waals surface area contributed by atoms with Gasteiger partial charge in [-0.1, -0.05) is 20.8 Å². The van der Waals surface area contributed by atoms with Crippen molar-refractivity contribution >= 4 is 5.78 Å². The van der Waals surface area contributed by atoms with Gasteiger partial charge in [0.15, 0.2) is 0 Å². The molecule has 94 valence electrons. The summed E-state index contributed by atoms with van der Waals surface area (Å²) in [5, 5.41) is 0. The number of rotatable bonds is 6. The predicted octanol–water partition coefficient (Wildman–Crippen LogP) is 3.44. The summed E-state index contributed by atoms with van der Waals surface area (Å²) in [6.07, 6.45) is 5.18. The fourth-order valence-corrected chi connectivity index (χ4v) is 3.22. The van der Waals surface area contributed by atoms with E-state index in [-0.39, 0.29) is 5.41 Å². The molecule has 0 aromatic heterocycles. The molecule has 0 N–H and O–H groups in total. The number of hydrogen-bond donors (Lipinski definition) is 0. The fourth-order valence-electron chi connectivity index (χ4n) is 3.22. The van der Waals surface area contributed by atoms with E-state index in [1.54, 1.807) is 7.11 Å². The van der Waals surface area contributed by atoms with Gasteiger partial charge >= 0.3 is 0 Å². The number of Topliss-reactive ketones (excluding diaryl/α,β-unsaturated/α-hetero) is 1. The second-order valence-corrected chi connectivity index (χ2v) is 5.45. The molecular formula is C14H26O2. The van der Waals surface area contributed by atoms with E-state index in [0.717, 1.165) is 32.3 Å². The second kappa shape index (κ2) is 5.81. The van der Waals surface area contributed by atoms with Crippen molar-refractivity contribution in [1.29, 1.82) is 0 Å². The molecule has 1 rings (SSSR count). The maximum atomic E-state index is 11.9. The molecule has 0 amide bonds. The van der Waals surface area contributed by atoms with Crippen LogP contribution in [0.25, 0.3) is 0 Å². The summed E-state index contributed by atoms with van der Waals surface area (Å²) in [5.41, 5.74) is -0.0491. The quantitative estimate of drug-likeness (QED) is 0.648. The standard InChI is InChI=1S/C14H26O2/c1-5-14(3)12(8-9-13(14)15)11(2)7-6-10-16-4/h11-12H,5-10H2,1-4H3. The van der Waals surface area contributed by atoms with Gasteiger partial charge in [-0.2, -0.15) is 0 Å². The first-order valence-electron chi connectivity index (χ1n) is 6.58. The molecule has 0 heterocycles. The lowest BCUT2D eigenvalue weighted by atomic mass is 9.70. The van der Waals surface area contributed by atoms with Crippen molar-refractivity contribution in [2.24, 2.45) is 17.3 Å². The van der Waals surface area contributed by atoms with Crippen molar-refractivity contribution in [3.63, 3.8) is 0 Å². The Morgan fingerprint density at radius 3 is 2.81 bits per heavy atom. The SMILES string of the molecule is CCC1(C)C(=O)CCC1C(C)CCCOC. The van der Waals surface area contributed by atoms with Gasteiger partial charge in [0.25, 0.3) is 0 Å². The molecule has 16 heavy (non-hydrogen) atoms. The van der Waals surface area contributed by atoms with Crippen LogP contribution in [-0.2, 0) is 9.53 Å². The molecule has 1 aliphatic rings. The van der Waals surface area contributed by atoms with Crippen LogP contribution in [0.15, 0.2) is 0 Å². The van der Waals surface area contributed by atoms with Gasteiger partial charge in [0, 0.05) is 25.6 Å². The summed E-state index contributed by atoms with van der Waals surface area (Å²) in [4.78, 5) is 11.9. The maximum Gasteiger partial charge on any atom is 0.139 e.